The van der Waals surface area contributed by atoms with Crippen molar-refractivity contribution in [1.82, 2.24) is 0 Å². The van der Waals surface area contributed by atoms with Crippen LogP contribution in [-0.2, 0) is 9.47 Å². The molecule has 12 heavy (non-hydrogen) atoms. The molecule has 3 unspecified atom stereocenters. The van der Waals surface area contributed by atoms with Crippen molar-refractivity contribution >= 4 is 0 Å². The topological polar surface area (TPSA) is 44.5 Å². The van der Waals surface area contributed by atoms with E-state index in [4.69, 9.17) is 15.2 Å². The lowest BCUT2D eigenvalue weighted by Crippen LogP contribution is -2.55. The fourth-order valence-corrected chi connectivity index (χ4v) is 2.37. The quantitative estimate of drug-likeness (QED) is 0.592. The van der Waals surface area contributed by atoms with Crippen molar-refractivity contribution in [2.24, 2.45) is 5.73 Å². The molecule has 0 aromatic carbocycles. The van der Waals surface area contributed by atoms with Gasteiger partial charge < -0.3 is 15.2 Å². The minimum atomic E-state index is -0.627. The number of nitrogens with two attached hydrogens (primary N) is 1. The van der Waals surface area contributed by atoms with Gasteiger partial charge in [-0.1, -0.05) is 0 Å². The fourth-order valence-electron chi connectivity index (χ4n) is 2.37. The van der Waals surface area contributed by atoms with Gasteiger partial charge in [0, 0.05) is 6.42 Å². The monoisotopic (exact) mass is 171 g/mol. The van der Waals surface area contributed by atoms with Crippen molar-refractivity contribution in [1.29, 1.82) is 0 Å². The summed E-state index contributed by atoms with van der Waals surface area (Å²) in [6, 6.07) is 0. The van der Waals surface area contributed by atoms with E-state index in [-0.39, 0.29) is 11.2 Å². The van der Waals surface area contributed by atoms with E-state index in [1.54, 1.807) is 0 Å². The maximum atomic E-state index is 6.04. The van der Waals surface area contributed by atoms with Crippen LogP contribution in [0.3, 0.4) is 0 Å². The first-order chi connectivity index (χ1) is 5.37. The molecular weight excluding hydrogens is 154 g/mol. The Morgan fingerprint density at radius 2 is 1.92 bits per heavy atom. The van der Waals surface area contributed by atoms with Crippen LogP contribution in [0.5, 0.6) is 0 Å². The molecule has 2 bridgehead atoms. The van der Waals surface area contributed by atoms with Gasteiger partial charge in [0.15, 0.2) is 0 Å². The Balaban J connectivity index is 2.35. The molecule has 2 saturated heterocycles. The Morgan fingerprint density at radius 3 is 2.42 bits per heavy atom. The summed E-state index contributed by atoms with van der Waals surface area (Å²) in [6.45, 7) is 6.83. The average molecular weight is 171 g/mol. The van der Waals surface area contributed by atoms with Crippen LogP contribution < -0.4 is 5.73 Å². The van der Waals surface area contributed by atoms with Gasteiger partial charge in [-0.05, 0) is 27.2 Å². The second kappa shape index (κ2) is 2.03. The smallest absolute Gasteiger partial charge is 0.143 e. The first-order valence-corrected chi connectivity index (χ1v) is 4.50. The standard InChI is InChI=1S/C9H17NO2/c1-7-4-5-11-8(2,6-7)9(3,10)12-7/h4-6,10H2,1-3H3. The third-order valence-electron chi connectivity index (χ3n) is 3.27. The summed E-state index contributed by atoms with van der Waals surface area (Å²) >= 11 is 0. The highest BCUT2D eigenvalue weighted by molar-refractivity contribution is 5.07. The number of rotatable bonds is 0. The van der Waals surface area contributed by atoms with Crippen LogP contribution in [-0.4, -0.2) is 23.5 Å². The summed E-state index contributed by atoms with van der Waals surface area (Å²) in [7, 11) is 0. The summed E-state index contributed by atoms with van der Waals surface area (Å²) in [4.78, 5) is 0. The lowest BCUT2D eigenvalue weighted by molar-refractivity contribution is -0.123. The molecule has 2 fully saturated rings. The van der Waals surface area contributed by atoms with Crippen LogP contribution in [0.2, 0.25) is 0 Å². The number of hydrogen-bond donors (Lipinski definition) is 1. The lowest BCUT2D eigenvalue weighted by Gasteiger charge is -2.36. The predicted octanol–water partition coefficient (Wildman–Crippen LogP) is 1.02. The summed E-state index contributed by atoms with van der Waals surface area (Å²) in [5, 5.41) is 0. The summed E-state index contributed by atoms with van der Waals surface area (Å²) in [6.07, 6.45) is 1.86. The van der Waals surface area contributed by atoms with Crippen LogP contribution in [0.15, 0.2) is 0 Å². The van der Waals surface area contributed by atoms with E-state index in [9.17, 15) is 0 Å². The maximum Gasteiger partial charge on any atom is 0.143 e. The molecule has 2 N–H and O–H groups in total. The molecule has 2 aliphatic rings. The fraction of sp³-hybridized carbons (Fsp3) is 1.00. The van der Waals surface area contributed by atoms with E-state index in [1.807, 2.05) is 13.8 Å². The highest BCUT2D eigenvalue weighted by Crippen LogP contribution is 2.49. The first-order valence-electron chi connectivity index (χ1n) is 4.50. The second-order valence-corrected chi connectivity index (χ2v) is 4.67. The van der Waals surface area contributed by atoms with Gasteiger partial charge in [0.2, 0.25) is 0 Å². The van der Waals surface area contributed by atoms with Gasteiger partial charge in [0.1, 0.15) is 11.3 Å². The molecule has 0 amide bonds. The van der Waals surface area contributed by atoms with Gasteiger partial charge in [0.05, 0.1) is 12.2 Å². The van der Waals surface area contributed by atoms with Gasteiger partial charge in [-0.15, -0.1) is 0 Å². The van der Waals surface area contributed by atoms with Crippen molar-refractivity contribution in [3.63, 3.8) is 0 Å². The van der Waals surface area contributed by atoms with Crippen LogP contribution in [0.25, 0.3) is 0 Å². The molecule has 2 aliphatic heterocycles. The van der Waals surface area contributed by atoms with E-state index in [0.717, 1.165) is 19.4 Å². The molecule has 3 atom stereocenters. The number of fused-ring (bicyclic) bond motifs is 2. The lowest BCUT2D eigenvalue weighted by atomic mass is 9.84. The minimum absolute atomic E-state index is 0.0590. The van der Waals surface area contributed by atoms with Crippen LogP contribution in [0.1, 0.15) is 33.6 Å². The Labute approximate surface area is 73.2 Å². The molecule has 0 spiro atoms. The van der Waals surface area contributed by atoms with E-state index >= 15 is 0 Å². The van der Waals surface area contributed by atoms with Crippen molar-refractivity contribution in [2.45, 2.75) is 50.5 Å². The SMILES string of the molecule is CC12CCOC(C)(C1)C(C)(N)O2. The molecule has 2 heterocycles. The van der Waals surface area contributed by atoms with Gasteiger partial charge in [-0.2, -0.15) is 0 Å². The highest BCUT2D eigenvalue weighted by atomic mass is 16.6. The first kappa shape index (κ1) is 8.48. The van der Waals surface area contributed by atoms with Crippen LogP contribution in [0.4, 0.5) is 0 Å². The molecule has 0 aromatic heterocycles. The Bertz CT molecular complexity index is 213. The summed E-state index contributed by atoms with van der Waals surface area (Å²) in [5.41, 5.74) is 5.06. The molecular formula is C9H17NO2. The van der Waals surface area contributed by atoms with E-state index in [1.165, 1.54) is 0 Å². The van der Waals surface area contributed by atoms with Crippen LogP contribution in [0, 0.1) is 0 Å². The average Bonchev–Trinajstić information content (AvgIpc) is 1.93. The van der Waals surface area contributed by atoms with E-state index < -0.39 is 5.72 Å². The molecule has 0 radical (unpaired) electrons. The van der Waals surface area contributed by atoms with E-state index in [0.29, 0.717) is 0 Å². The minimum Gasteiger partial charge on any atom is -0.371 e. The Hall–Kier alpha value is -0.120. The molecule has 0 saturated carbocycles. The number of hydrogen-bond acceptors (Lipinski definition) is 3. The van der Waals surface area contributed by atoms with Crippen molar-refractivity contribution in [2.75, 3.05) is 6.61 Å². The third-order valence-corrected chi connectivity index (χ3v) is 3.27. The van der Waals surface area contributed by atoms with Crippen LogP contribution >= 0.6 is 0 Å². The third kappa shape index (κ3) is 0.934. The zero-order valence-electron chi connectivity index (χ0n) is 8.02. The molecule has 3 nitrogen and oxygen atoms in total. The van der Waals surface area contributed by atoms with Gasteiger partial charge in [0.25, 0.3) is 0 Å². The molecule has 70 valence electrons. The molecule has 3 heteroatoms. The highest BCUT2D eigenvalue weighted by Gasteiger charge is 2.60. The summed E-state index contributed by atoms with van der Waals surface area (Å²) < 4.78 is 11.5. The maximum absolute atomic E-state index is 6.04. The molecule has 0 aliphatic carbocycles. The summed E-state index contributed by atoms with van der Waals surface area (Å²) in [5.74, 6) is 0. The molecule has 0 aromatic rings. The van der Waals surface area contributed by atoms with Gasteiger partial charge in [-0.3, -0.25) is 0 Å². The Morgan fingerprint density at radius 1 is 1.25 bits per heavy atom. The predicted molar refractivity (Wildman–Crippen MR) is 45.7 cm³/mol. The largest absolute Gasteiger partial charge is 0.371 e. The zero-order chi connectivity index (χ0) is 9.04. The number of ether oxygens (including phenoxy) is 2. The second-order valence-electron chi connectivity index (χ2n) is 4.67. The van der Waals surface area contributed by atoms with E-state index in [2.05, 4.69) is 6.92 Å². The normalized spacial score (nSPS) is 59.0. The Kier molecular flexibility index (Phi) is 1.43. The van der Waals surface area contributed by atoms with Crippen molar-refractivity contribution in [3.05, 3.63) is 0 Å². The van der Waals surface area contributed by atoms with Crippen molar-refractivity contribution < 1.29 is 9.47 Å². The zero-order valence-corrected chi connectivity index (χ0v) is 8.02. The van der Waals surface area contributed by atoms with Gasteiger partial charge in [-0.25, -0.2) is 0 Å². The van der Waals surface area contributed by atoms with Crippen molar-refractivity contribution in [3.8, 4) is 0 Å². The molecule has 2 rings (SSSR count). The van der Waals surface area contributed by atoms with Gasteiger partial charge >= 0.3 is 0 Å².